The van der Waals surface area contributed by atoms with Crippen LogP contribution in [0.5, 0.6) is 0 Å². The summed E-state index contributed by atoms with van der Waals surface area (Å²) in [5, 5.41) is 4.46. The fourth-order valence-corrected chi connectivity index (χ4v) is 2.11. The second-order valence-electron chi connectivity index (χ2n) is 4.17. The third-order valence-electron chi connectivity index (χ3n) is 2.92. The molecule has 0 spiro atoms. The Morgan fingerprint density at radius 1 is 1.33 bits per heavy atom. The average molecular weight is 201 g/mol. The van der Waals surface area contributed by atoms with Crippen molar-refractivity contribution in [2.45, 2.75) is 25.3 Å². The van der Waals surface area contributed by atoms with Crippen molar-refractivity contribution in [1.82, 2.24) is 10.3 Å². The highest BCUT2D eigenvalue weighted by molar-refractivity contribution is 5.72. The topological polar surface area (TPSA) is 40.1 Å². The summed E-state index contributed by atoms with van der Waals surface area (Å²) >= 11 is 0. The van der Waals surface area contributed by atoms with Crippen LogP contribution in [0, 0.1) is 0 Å². The van der Waals surface area contributed by atoms with E-state index in [9.17, 15) is 0 Å². The summed E-state index contributed by atoms with van der Waals surface area (Å²) in [4.78, 5) is 4.50. The molecule has 3 nitrogen and oxygen atoms in total. The minimum absolute atomic E-state index is 0.382. The van der Waals surface area contributed by atoms with Gasteiger partial charge in [-0.3, -0.25) is 0 Å². The zero-order valence-corrected chi connectivity index (χ0v) is 8.68. The van der Waals surface area contributed by atoms with E-state index in [1.165, 1.54) is 0 Å². The van der Waals surface area contributed by atoms with Crippen molar-refractivity contribution in [1.29, 1.82) is 0 Å². The second kappa shape index (κ2) is 3.35. The maximum Gasteiger partial charge on any atom is 0.200 e. The van der Waals surface area contributed by atoms with Gasteiger partial charge in [0.15, 0.2) is 11.5 Å². The molecule has 1 aliphatic heterocycles. The van der Waals surface area contributed by atoms with Gasteiger partial charge < -0.3 is 4.42 Å². The first-order valence-electron chi connectivity index (χ1n) is 5.35. The fraction of sp³-hybridized carbons (Fsp3) is 0.417. The second-order valence-corrected chi connectivity index (χ2v) is 4.17. The van der Waals surface area contributed by atoms with Gasteiger partial charge in [0.05, 0.1) is 5.92 Å². The molecule has 2 unspecified atom stereocenters. The largest absolute Gasteiger partial charge is 0.440 e. The third-order valence-corrected chi connectivity index (χ3v) is 2.92. The molecule has 3 heteroatoms. The molecule has 0 N–H and O–H groups in total. The third kappa shape index (κ3) is 1.53. The SMILES string of the molecule is CC1CC(c2nc3ccccc3o2)C[N]1. The first-order valence-corrected chi connectivity index (χ1v) is 5.35. The number of oxazole rings is 1. The number of hydrogen-bond donors (Lipinski definition) is 0. The van der Waals surface area contributed by atoms with Crippen LogP contribution in [0.4, 0.5) is 0 Å². The zero-order valence-electron chi connectivity index (χ0n) is 8.68. The molecule has 2 atom stereocenters. The number of hydrogen-bond acceptors (Lipinski definition) is 2. The Morgan fingerprint density at radius 2 is 2.20 bits per heavy atom. The minimum Gasteiger partial charge on any atom is -0.440 e. The Bertz CT molecular complexity index is 444. The van der Waals surface area contributed by atoms with E-state index in [-0.39, 0.29) is 0 Å². The van der Waals surface area contributed by atoms with E-state index in [0.717, 1.165) is 30.0 Å². The Balaban J connectivity index is 1.98. The maximum absolute atomic E-state index is 5.73. The number of aromatic nitrogens is 1. The van der Waals surface area contributed by atoms with Crippen molar-refractivity contribution in [3.63, 3.8) is 0 Å². The van der Waals surface area contributed by atoms with E-state index < -0.39 is 0 Å². The van der Waals surface area contributed by atoms with Gasteiger partial charge in [-0.2, -0.15) is 0 Å². The van der Waals surface area contributed by atoms with Crippen LogP contribution < -0.4 is 5.32 Å². The van der Waals surface area contributed by atoms with Gasteiger partial charge >= 0.3 is 0 Å². The normalized spacial score (nSPS) is 26.2. The van der Waals surface area contributed by atoms with Gasteiger partial charge in [0.25, 0.3) is 0 Å². The van der Waals surface area contributed by atoms with Crippen molar-refractivity contribution in [3.8, 4) is 0 Å². The lowest BCUT2D eigenvalue weighted by molar-refractivity contribution is 0.481. The predicted molar refractivity (Wildman–Crippen MR) is 57.8 cm³/mol. The first kappa shape index (κ1) is 8.92. The molecule has 1 fully saturated rings. The quantitative estimate of drug-likeness (QED) is 0.710. The highest BCUT2D eigenvalue weighted by atomic mass is 16.3. The van der Waals surface area contributed by atoms with Crippen LogP contribution in [-0.2, 0) is 0 Å². The molecule has 3 rings (SSSR count). The molecule has 1 aliphatic rings. The standard InChI is InChI=1S/C12H13N2O/c1-8-6-9(7-13-8)12-14-10-4-2-3-5-11(10)15-12/h2-5,8-9H,6-7H2,1H3. The van der Waals surface area contributed by atoms with Gasteiger partial charge in [0.2, 0.25) is 0 Å². The van der Waals surface area contributed by atoms with Gasteiger partial charge in [0.1, 0.15) is 5.52 Å². The molecular formula is C12H13N2O. The fourth-order valence-electron chi connectivity index (χ4n) is 2.11. The molecule has 1 radical (unpaired) electrons. The van der Waals surface area contributed by atoms with Crippen molar-refractivity contribution in [2.75, 3.05) is 6.54 Å². The van der Waals surface area contributed by atoms with Gasteiger partial charge in [-0.25, -0.2) is 10.3 Å². The number of fused-ring (bicyclic) bond motifs is 1. The Labute approximate surface area is 88.5 Å². The molecule has 1 aromatic carbocycles. The van der Waals surface area contributed by atoms with Crippen LogP contribution in [-0.4, -0.2) is 17.6 Å². The molecule has 0 bridgehead atoms. The van der Waals surface area contributed by atoms with Crippen LogP contribution in [0.3, 0.4) is 0 Å². The van der Waals surface area contributed by atoms with Crippen molar-refractivity contribution < 1.29 is 4.42 Å². The molecule has 0 saturated carbocycles. The smallest absolute Gasteiger partial charge is 0.200 e. The maximum atomic E-state index is 5.73. The summed E-state index contributed by atoms with van der Waals surface area (Å²) in [7, 11) is 0. The Kier molecular flexibility index (Phi) is 1.99. The molecule has 2 aromatic rings. The van der Waals surface area contributed by atoms with E-state index >= 15 is 0 Å². The molecule has 77 valence electrons. The molecule has 15 heavy (non-hydrogen) atoms. The number of nitrogens with zero attached hydrogens (tertiary/aromatic N) is 2. The summed E-state index contributed by atoms with van der Waals surface area (Å²) in [6, 6.07) is 8.35. The predicted octanol–water partition coefficient (Wildman–Crippen LogP) is 2.31. The number of benzene rings is 1. The molecule has 0 amide bonds. The van der Waals surface area contributed by atoms with Crippen LogP contribution in [0.25, 0.3) is 11.1 Å². The van der Waals surface area contributed by atoms with Gasteiger partial charge in [-0.1, -0.05) is 12.1 Å². The molecule has 1 saturated heterocycles. The summed E-state index contributed by atoms with van der Waals surface area (Å²) in [6.45, 7) is 3.00. The van der Waals surface area contributed by atoms with Gasteiger partial charge in [-0.05, 0) is 25.5 Å². The zero-order chi connectivity index (χ0) is 10.3. The minimum atomic E-state index is 0.382. The first-order chi connectivity index (χ1) is 7.33. The highest BCUT2D eigenvalue weighted by Gasteiger charge is 2.27. The Morgan fingerprint density at radius 3 is 2.93 bits per heavy atom. The molecule has 2 heterocycles. The van der Waals surface area contributed by atoms with E-state index in [4.69, 9.17) is 4.42 Å². The van der Waals surface area contributed by atoms with Crippen molar-refractivity contribution in [2.24, 2.45) is 0 Å². The van der Waals surface area contributed by atoms with E-state index in [1.54, 1.807) is 0 Å². The molecular weight excluding hydrogens is 188 g/mol. The number of rotatable bonds is 1. The lowest BCUT2D eigenvalue weighted by Gasteiger charge is -2.00. The van der Waals surface area contributed by atoms with Crippen molar-refractivity contribution in [3.05, 3.63) is 30.2 Å². The van der Waals surface area contributed by atoms with Crippen LogP contribution in [0.1, 0.15) is 25.2 Å². The summed E-state index contributed by atoms with van der Waals surface area (Å²) in [6.07, 6.45) is 1.06. The lowest BCUT2D eigenvalue weighted by atomic mass is 10.1. The van der Waals surface area contributed by atoms with E-state index in [0.29, 0.717) is 12.0 Å². The van der Waals surface area contributed by atoms with E-state index in [1.807, 2.05) is 24.3 Å². The van der Waals surface area contributed by atoms with Gasteiger partial charge in [0, 0.05) is 12.6 Å². The van der Waals surface area contributed by atoms with Crippen molar-refractivity contribution >= 4 is 11.1 Å². The highest BCUT2D eigenvalue weighted by Crippen LogP contribution is 2.28. The monoisotopic (exact) mass is 201 g/mol. The molecule has 1 aromatic heterocycles. The summed E-state index contributed by atoms with van der Waals surface area (Å²) in [5.74, 6) is 1.23. The van der Waals surface area contributed by atoms with E-state index in [2.05, 4.69) is 17.2 Å². The number of para-hydroxylation sites is 2. The Hall–Kier alpha value is -1.35. The van der Waals surface area contributed by atoms with Gasteiger partial charge in [-0.15, -0.1) is 0 Å². The lowest BCUT2D eigenvalue weighted by Crippen LogP contribution is -2.07. The average Bonchev–Trinajstić information content (AvgIpc) is 2.82. The van der Waals surface area contributed by atoms with Crippen LogP contribution in [0.15, 0.2) is 28.7 Å². The van der Waals surface area contributed by atoms with Crippen LogP contribution in [0.2, 0.25) is 0 Å². The summed E-state index contributed by atoms with van der Waals surface area (Å²) < 4.78 is 5.73. The molecule has 0 aliphatic carbocycles. The van der Waals surface area contributed by atoms with Crippen LogP contribution >= 0.6 is 0 Å². The summed E-state index contributed by atoms with van der Waals surface area (Å²) in [5.41, 5.74) is 1.83.